The van der Waals surface area contributed by atoms with Crippen molar-refractivity contribution >= 4 is 15.2 Å². The van der Waals surface area contributed by atoms with Gasteiger partial charge in [-0.25, -0.2) is 0 Å². The Kier molecular flexibility index (Phi) is 11.1. The second kappa shape index (κ2) is 12.2. The fourth-order valence-electron chi connectivity index (χ4n) is 2.73. The summed E-state index contributed by atoms with van der Waals surface area (Å²) in [5.41, 5.74) is 7.60. The SMILES string of the molecule is CCOP(=O)(OCC)C(N)(CCNCc1ccccc1)P(=O)(OCC)OCC. The van der Waals surface area contributed by atoms with Crippen LogP contribution >= 0.6 is 15.2 Å². The normalized spacial score (nSPS) is 13.0. The van der Waals surface area contributed by atoms with Gasteiger partial charge in [0.15, 0.2) is 0 Å². The molecular formula is C18H34N2O6P2. The van der Waals surface area contributed by atoms with E-state index in [0.717, 1.165) is 5.56 Å². The first-order valence-corrected chi connectivity index (χ1v) is 12.7. The van der Waals surface area contributed by atoms with Crippen LogP contribution in [-0.2, 0) is 33.8 Å². The molecule has 0 spiro atoms. The summed E-state index contributed by atoms with van der Waals surface area (Å²) in [6, 6.07) is 9.80. The van der Waals surface area contributed by atoms with E-state index in [1.54, 1.807) is 27.7 Å². The molecule has 0 saturated heterocycles. The molecule has 162 valence electrons. The van der Waals surface area contributed by atoms with Crippen molar-refractivity contribution in [3.63, 3.8) is 0 Å². The summed E-state index contributed by atoms with van der Waals surface area (Å²) in [6.45, 7) is 7.95. The predicted molar refractivity (Wildman–Crippen MR) is 111 cm³/mol. The van der Waals surface area contributed by atoms with Crippen LogP contribution in [0.3, 0.4) is 0 Å². The summed E-state index contributed by atoms with van der Waals surface area (Å²) in [5, 5.41) is 1.30. The molecule has 8 nitrogen and oxygen atoms in total. The van der Waals surface area contributed by atoms with Crippen LogP contribution in [0, 0.1) is 0 Å². The highest BCUT2D eigenvalue weighted by molar-refractivity contribution is 7.74. The van der Waals surface area contributed by atoms with E-state index < -0.39 is 20.2 Å². The molecule has 0 aliphatic heterocycles. The zero-order chi connectivity index (χ0) is 21.1. The molecule has 0 aliphatic carbocycles. The average molecular weight is 436 g/mol. The van der Waals surface area contributed by atoms with Crippen LogP contribution < -0.4 is 11.1 Å². The number of rotatable bonds is 15. The smallest absolute Gasteiger partial charge is 0.313 e. The summed E-state index contributed by atoms with van der Waals surface area (Å²) in [7, 11) is -8.02. The molecule has 0 unspecified atom stereocenters. The zero-order valence-corrected chi connectivity index (χ0v) is 19.0. The molecule has 3 N–H and O–H groups in total. The Labute approximate surface area is 168 Å². The van der Waals surface area contributed by atoms with E-state index in [1.807, 2.05) is 30.3 Å². The topological polar surface area (TPSA) is 109 Å². The number of hydrogen-bond donors (Lipinski definition) is 2. The predicted octanol–water partition coefficient (Wildman–Crippen LogP) is 4.31. The number of hydrogen-bond acceptors (Lipinski definition) is 8. The molecule has 0 bridgehead atoms. The van der Waals surface area contributed by atoms with Gasteiger partial charge >= 0.3 is 15.2 Å². The quantitative estimate of drug-likeness (QED) is 0.309. The first-order chi connectivity index (χ1) is 13.3. The molecule has 0 heterocycles. The highest BCUT2D eigenvalue weighted by atomic mass is 31.2. The Bertz CT molecular complexity index is 609. The fraction of sp³-hybridized carbons (Fsp3) is 0.667. The van der Waals surface area contributed by atoms with Gasteiger partial charge in [0.1, 0.15) is 0 Å². The molecule has 0 aromatic heterocycles. The van der Waals surface area contributed by atoms with Crippen molar-refractivity contribution in [1.29, 1.82) is 0 Å². The zero-order valence-electron chi connectivity index (χ0n) is 17.3. The lowest BCUT2D eigenvalue weighted by atomic mass is 10.2. The first-order valence-electron chi connectivity index (χ1n) is 9.64. The highest BCUT2D eigenvalue weighted by Crippen LogP contribution is 2.76. The third-order valence-electron chi connectivity index (χ3n) is 3.99. The number of benzene rings is 1. The van der Waals surface area contributed by atoms with Crippen LogP contribution in [0.1, 0.15) is 39.7 Å². The summed E-state index contributed by atoms with van der Waals surface area (Å²) in [6.07, 6.45) is 0.0222. The van der Waals surface area contributed by atoms with E-state index in [9.17, 15) is 9.13 Å². The minimum atomic E-state index is -4.01. The average Bonchev–Trinajstić information content (AvgIpc) is 2.66. The first kappa shape index (κ1) is 25.5. The minimum Gasteiger partial charge on any atom is -0.313 e. The minimum absolute atomic E-state index is 0.0222. The summed E-state index contributed by atoms with van der Waals surface area (Å²) in [4.78, 5) is 0. The van der Waals surface area contributed by atoms with Crippen molar-refractivity contribution in [2.75, 3.05) is 33.0 Å². The van der Waals surface area contributed by atoms with Gasteiger partial charge in [-0.2, -0.15) is 0 Å². The Morgan fingerprint density at radius 1 is 0.857 bits per heavy atom. The van der Waals surface area contributed by atoms with E-state index in [1.165, 1.54) is 0 Å². The molecule has 0 fully saturated rings. The van der Waals surface area contributed by atoms with Gasteiger partial charge in [-0.15, -0.1) is 0 Å². The highest BCUT2D eigenvalue weighted by Gasteiger charge is 2.62. The summed E-state index contributed by atoms with van der Waals surface area (Å²) in [5.74, 6) is 0. The largest absolute Gasteiger partial charge is 0.362 e. The Hall–Kier alpha value is -0.560. The maximum Gasteiger partial charge on any atom is 0.362 e. The number of nitrogens with one attached hydrogen (secondary N) is 1. The third-order valence-corrected chi connectivity index (χ3v) is 10.2. The van der Waals surface area contributed by atoms with Crippen LogP contribution in [0.5, 0.6) is 0 Å². The van der Waals surface area contributed by atoms with Crippen molar-refractivity contribution < 1.29 is 27.2 Å². The third kappa shape index (κ3) is 6.22. The molecule has 0 aliphatic rings. The van der Waals surface area contributed by atoms with Gasteiger partial charge in [-0.3, -0.25) is 9.13 Å². The van der Waals surface area contributed by atoms with Crippen molar-refractivity contribution in [1.82, 2.24) is 5.32 Å². The van der Waals surface area contributed by atoms with Crippen molar-refractivity contribution in [2.45, 2.75) is 45.7 Å². The lowest BCUT2D eigenvalue weighted by molar-refractivity contribution is 0.175. The number of nitrogens with two attached hydrogens (primary N) is 1. The van der Waals surface area contributed by atoms with Crippen molar-refractivity contribution in [3.05, 3.63) is 35.9 Å². The van der Waals surface area contributed by atoms with Gasteiger partial charge < -0.3 is 29.1 Å². The van der Waals surface area contributed by atoms with Crippen LogP contribution in [0.4, 0.5) is 0 Å². The summed E-state index contributed by atoms with van der Waals surface area (Å²) >= 11 is 0. The van der Waals surface area contributed by atoms with Crippen LogP contribution in [-0.4, -0.2) is 38.0 Å². The standard InChI is InChI=1S/C18H34N2O6P2/c1-5-23-27(21,24-6-2)18(19,28(22,25-7-3)26-8-4)14-15-20-16-17-12-10-9-11-13-17/h9-13,20H,5-8,14-16,19H2,1-4H3. The van der Waals surface area contributed by atoms with Crippen molar-refractivity contribution in [2.24, 2.45) is 5.73 Å². The molecular weight excluding hydrogens is 402 g/mol. The van der Waals surface area contributed by atoms with E-state index in [0.29, 0.717) is 13.1 Å². The lowest BCUT2D eigenvalue weighted by Crippen LogP contribution is -2.44. The molecule has 1 aromatic carbocycles. The van der Waals surface area contributed by atoms with Crippen molar-refractivity contribution in [3.8, 4) is 0 Å². The molecule has 1 aromatic rings. The molecule has 0 amide bonds. The monoisotopic (exact) mass is 436 g/mol. The molecule has 0 atom stereocenters. The van der Waals surface area contributed by atoms with Gasteiger partial charge in [-0.05, 0) is 39.8 Å². The summed E-state index contributed by atoms with van der Waals surface area (Å²) < 4.78 is 48.9. The second-order valence-corrected chi connectivity index (χ2v) is 10.9. The van der Waals surface area contributed by atoms with Gasteiger partial charge in [0.2, 0.25) is 5.02 Å². The van der Waals surface area contributed by atoms with E-state index in [-0.39, 0.29) is 32.8 Å². The fourth-order valence-corrected chi connectivity index (χ4v) is 7.79. The van der Waals surface area contributed by atoms with E-state index >= 15 is 0 Å². The lowest BCUT2D eigenvalue weighted by Gasteiger charge is -2.39. The van der Waals surface area contributed by atoms with E-state index in [2.05, 4.69) is 5.32 Å². The van der Waals surface area contributed by atoms with Gasteiger partial charge in [0, 0.05) is 13.0 Å². The Morgan fingerprint density at radius 2 is 1.29 bits per heavy atom. The molecule has 1 rings (SSSR count). The molecule has 0 radical (unpaired) electrons. The van der Waals surface area contributed by atoms with Gasteiger partial charge in [-0.1, -0.05) is 30.3 Å². The molecule has 28 heavy (non-hydrogen) atoms. The molecule has 0 saturated carbocycles. The maximum absolute atomic E-state index is 13.6. The maximum atomic E-state index is 13.6. The van der Waals surface area contributed by atoms with Gasteiger partial charge in [0.25, 0.3) is 0 Å². The molecule has 10 heteroatoms. The second-order valence-electron chi connectivity index (χ2n) is 5.96. The Morgan fingerprint density at radius 3 is 1.68 bits per heavy atom. The van der Waals surface area contributed by atoms with Gasteiger partial charge in [0.05, 0.1) is 26.4 Å². The van der Waals surface area contributed by atoms with Crippen LogP contribution in [0.15, 0.2) is 30.3 Å². The van der Waals surface area contributed by atoms with E-state index in [4.69, 9.17) is 23.8 Å². The Balaban J connectivity index is 3.11. The van der Waals surface area contributed by atoms with Crippen LogP contribution in [0.2, 0.25) is 0 Å². The van der Waals surface area contributed by atoms with Crippen LogP contribution in [0.25, 0.3) is 0 Å².